The molecule has 0 saturated carbocycles. The predicted molar refractivity (Wildman–Crippen MR) is 85.1 cm³/mol. The van der Waals surface area contributed by atoms with Gasteiger partial charge in [0.1, 0.15) is 0 Å². The van der Waals surface area contributed by atoms with E-state index in [0.29, 0.717) is 0 Å². The van der Waals surface area contributed by atoms with Crippen LogP contribution in [-0.2, 0) is 20.1 Å². The second-order valence-corrected chi connectivity index (χ2v) is 5.42. The molecule has 0 radical (unpaired) electrons. The molecule has 1 N–H and O–H groups in total. The van der Waals surface area contributed by atoms with Gasteiger partial charge in [-0.3, -0.25) is 4.68 Å². The molecule has 1 aromatic heterocycles. The number of methoxy groups -OCH3 is 2. The number of benzene rings is 1. The molecular formula is C15H21N3O2S. The maximum atomic E-state index is 5.37. The van der Waals surface area contributed by atoms with Gasteiger partial charge in [0, 0.05) is 31.2 Å². The van der Waals surface area contributed by atoms with Gasteiger partial charge < -0.3 is 14.8 Å². The Morgan fingerprint density at radius 3 is 2.48 bits per heavy atom. The van der Waals surface area contributed by atoms with E-state index in [9.17, 15) is 0 Å². The standard InChI is InChI=1S/C15H21N3O2S/c1-18-12(5-6-17-18)10-16-9-11-7-13(19-2)14(20-3)8-15(11)21-4/h5-8,16H,9-10H2,1-4H3. The molecule has 0 aliphatic rings. The van der Waals surface area contributed by atoms with Crippen molar-refractivity contribution >= 4 is 11.8 Å². The van der Waals surface area contributed by atoms with E-state index in [1.54, 1.807) is 32.2 Å². The van der Waals surface area contributed by atoms with Crippen LogP contribution in [0.3, 0.4) is 0 Å². The summed E-state index contributed by atoms with van der Waals surface area (Å²) in [7, 11) is 5.26. The molecule has 5 nitrogen and oxygen atoms in total. The molecule has 21 heavy (non-hydrogen) atoms. The lowest BCUT2D eigenvalue weighted by molar-refractivity contribution is 0.353. The largest absolute Gasteiger partial charge is 0.493 e. The Bertz CT molecular complexity index is 599. The number of hydrogen-bond acceptors (Lipinski definition) is 5. The molecule has 0 fully saturated rings. The van der Waals surface area contributed by atoms with Crippen LogP contribution >= 0.6 is 11.8 Å². The molecule has 114 valence electrons. The third-order valence-electron chi connectivity index (χ3n) is 3.33. The van der Waals surface area contributed by atoms with Crippen molar-refractivity contribution in [2.24, 2.45) is 7.05 Å². The van der Waals surface area contributed by atoms with Crippen LogP contribution < -0.4 is 14.8 Å². The fourth-order valence-electron chi connectivity index (χ4n) is 2.13. The zero-order chi connectivity index (χ0) is 15.2. The van der Waals surface area contributed by atoms with Gasteiger partial charge in [0.2, 0.25) is 0 Å². The number of thioether (sulfide) groups is 1. The second kappa shape index (κ2) is 7.38. The van der Waals surface area contributed by atoms with Crippen LogP contribution in [0.2, 0.25) is 0 Å². The highest BCUT2D eigenvalue weighted by molar-refractivity contribution is 7.98. The molecule has 2 aromatic rings. The minimum atomic E-state index is 0.757. The molecule has 0 spiro atoms. The molecule has 0 amide bonds. The van der Waals surface area contributed by atoms with Crippen LogP contribution in [0.4, 0.5) is 0 Å². The number of hydrogen-bond donors (Lipinski definition) is 1. The summed E-state index contributed by atoms with van der Waals surface area (Å²) in [5, 5.41) is 7.60. The summed E-state index contributed by atoms with van der Waals surface area (Å²) < 4.78 is 12.6. The van der Waals surface area contributed by atoms with Crippen LogP contribution in [0.15, 0.2) is 29.3 Å². The maximum Gasteiger partial charge on any atom is 0.161 e. The Balaban J connectivity index is 2.09. The topological polar surface area (TPSA) is 48.3 Å². The van der Waals surface area contributed by atoms with Crippen molar-refractivity contribution in [3.63, 3.8) is 0 Å². The number of nitrogens with one attached hydrogen (secondary N) is 1. The van der Waals surface area contributed by atoms with Gasteiger partial charge in [0.25, 0.3) is 0 Å². The van der Waals surface area contributed by atoms with Crippen LogP contribution in [0.5, 0.6) is 11.5 Å². The smallest absolute Gasteiger partial charge is 0.161 e. The predicted octanol–water partition coefficient (Wildman–Crippen LogP) is 2.45. The van der Waals surface area contributed by atoms with Gasteiger partial charge in [0.15, 0.2) is 11.5 Å². The summed E-state index contributed by atoms with van der Waals surface area (Å²) in [6.07, 6.45) is 3.87. The molecule has 0 aliphatic heterocycles. The van der Waals surface area contributed by atoms with Gasteiger partial charge in [-0.2, -0.15) is 5.10 Å². The zero-order valence-electron chi connectivity index (χ0n) is 12.8. The number of aryl methyl sites for hydroxylation is 1. The maximum absolute atomic E-state index is 5.37. The highest BCUT2D eigenvalue weighted by Crippen LogP contribution is 2.34. The highest BCUT2D eigenvalue weighted by atomic mass is 32.2. The van der Waals surface area contributed by atoms with Crippen molar-refractivity contribution in [2.45, 2.75) is 18.0 Å². The molecule has 0 aliphatic carbocycles. The lowest BCUT2D eigenvalue weighted by Crippen LogP contribution is -2.16. The fourth-order valence-corrected chi connectivity index (χ4v) is 2.75. The first-order chi connectivity index (χ1) is 10.2. The first kappa shape index (κ1) is 15.7. The van der Waals surface area contributed by atoms with E-state index in [4.69, 9.17) is 9.47 Å². The third-order valence-corrected chi connectivity index (χ3v) is 4.15. The summed E-state index contributed by atoms with van der Waals surface area (Å²) in [4.78, 5) is 1.19. The number of rotatable bonds is 7. The Morgan fingerprint density at radius 2 is 1.90 bits per heavy atom. The van der Waals surface area contributed by atoms with Crippen molar-refractivity contribution in [3.8, 4) is 11.5 Å². The number of aromatic nitrogens is 2. The lowest BCUT2D eigenvalue weighted by atomic mass is 10.2. The summed E-state index contributed by atoms with van der Waals surface area (Å²) in [6.45, 7) is 1.54. The molecule has 0 saturated heterocycles. The minimum Gasteiger partial charge on any atom is -0.493 e. The SMILES string of the molecule is COc1cc(CNCc2ccnn2C)c(SC)cc1OC. The molecule has 0 unspecified atom stereocenters. The summed E-state index contributed by atoms with van der Waals surface area (Å²) >= 11 is 1.70. The van der Waals surface area contributed by atoms with Crippen LogP contribution in [0.25, 0.3) is 0 Å². The van der Waals surface area contributed by atoms with Gasteiger partial charge in [-0.1, -0.05) is 0 Å². The van der Waals surface area contributed by atoms with E-state index in [0.717, 1.165) is 30.3 Å². The van der Waals surface area contributed by atoms with Gasteiger partial charge in [-0.05, 0) is 30.0 Å². The number of nitrogens with zero attached hydrogens (tertiary/aromatic N) is 2. The van der Waals surface area contributed by atoms with Crippen molar-refractivity contribution in [2.75, 3.05) is 20.5 Å². The van der Waals surface area contributed by atoms with Gasteiger partial charge in [0.05, 0.1) is 19.9 Å². The van der Waals surface area contributed by atoms with Gasteiger partial charge in [-0.25, -0.2) is 0 Å². The van der Waals surface area contributed by atoms with Crippen molar-refractivity contribution in [1.29, 1.82) is 0 Å². The molecule has 0 bridgehead atoms. The second-order valence-electron chi connectivity index (χ2n) is 4.57. The normalized spacial score (nSPS) is 10.7. The lowest BCUT2D eigenvalue weighted by Gasteiger charge is -2.14. The van der Waals surface area contributed by atoms with Crippen LogP contribution in [-0.4, -0.2) is 30.3 Å². The average molecular weight is 307 g/mol. The Hall–Kier alpha value is -1.66. The quantitative estimate of drug-likeness (QED) is 0.796. The minimum absolute atomic E-state index is 0.757. The molecular weight excluding hydrogens is 286 g/mol. The molecule has 2 rings (SSSR count). The van der Waals surface area contributed by atoms with Gasteiger partial charge >= 0.3 is 0 Å². The molecule has 1 heterocycles. The Morgan fingerprint density at radius 1 is 1.19 bits per heavy atom. The third kappa shape index (κ3) is 3.71. The van der Waals surface area contributed by atoms with Crippen LogP contribution in [0.1, 0.15) is 11.3 Å². The number of ether oxygens (including phenoxy) is 2. The summed E-state index contributed by atoms with van der Waals surface area (Å²) in [6, 6.07) is 6.06. The molecule has 0 atom stereocenters. The van der Waals surface area contributed by atoms with Crippen LogP contribution in [0, 0.1) is 0 Å². The fraction of sp³-hybridized carbons (Fsp3) is 0.400. The molecule has 6 heteroatoms. The van der Waals surface area contributed by atoms with E-state index in [1.165, 1.54) is 10.5 Å². The first-order valence-corrected chi connectivity index (χ1v) is 7.88. The Labute approximate surface area is 129 Å². The van der Waals surface area contributed by atoms with Crippen molar-refractivity contribution in [3.05, 3.63) is 35.7 Å². The summed E-state index contributed by atoms with van der Waals surface area (Å²) in [5.41, 5.74) is 2.35. The van der Waals surface area contributed by atoms with Gasteiger partial charge in [-0.15, -0.1) is 11.8 Å². The monoisotopic (exact) mass is 307 g/mol. The average Bonchev–Trinajstić information content (AvgIpc) is 2.92. The first-order valence-electron chi connectivity index (χ1n) is 6.66. The molecule has 1 aromatic carbocycles. The highest BCUT2D eigenvalue weighted by Gasteiger charge is 2.10. The van der Waals surface area contributed by atoms with E-state index in [1.807, 2.05) is 29.9 Å². The zero-order valence-corrected chi connectivity index (χ0v) is 13.7. The van der Waals surface area contributed by atoms with E-state index >= 15 is 0 Å². The van der Waals surface area contributed by atoms with Crippen molar-refractivity contribution < 1.29 is 9.47 Å². The van der Waals surface area contributed by atoms with E-state index in [2.05, 4.69) is 16.7 Å². The van der Waals surface area contributed by atoms with Crippen molar-refractivity contribution in [1.82, 2.24) is 15.1 Å². The van der Waals surface area contributed by atoms with E-state index < -0.39 is 0 Å². The van der Waals surface area contributed by atoms with E-state index in [-0.39, 0.29) is 0 Å². The summed E-state index contributed by atoms with van der Waals surface area (Å²) in [5.74, 6) is 1.52. The Kier molecular flexibility index (Phi) is 5.52.